The van der Waals surface area contributed by atoms with E-state index in [1.165, 1.54) is 12.1 Å². The lowest BCUT2D eigenvalue weighted by Crippen LogP contribution is -3.00. The topological polar surface area (TPSA) is 69.6 Å². The van der Waals surface area contributed by atoms with E-state index in [0.29, 0.717) is 23.7 Å². The van der Waals surface area contributed by atoms with Gasteiger partial charge in [-0.05, 0) is 42.4 Å². The van der Waals surface area contributed by atoms with Crippen molar-refractivity contribution in [3.05, 3.63) is 69.2 Å². The summed E-state index contributed by atoms with van der Waals surface area (Å²) in [6.45, 7) is 1.00. The quantitative estimate of drug-likeness (QED) is 0.400. The molecule has 2 aliphatic heterocycles. The molecule has 2 aromatic carbocycles. The molecule has 0 bridgehead atoms. The molecular weight excluding hydrogens is 454 g/mol. The first-order valence-corrected chi connectivity index (χ1v) is 9.63. The Morgan fingerprint density at radius 3 is 2.70 bits per heavy atom. The second kappa shape index (κ2) is 7.79. The molecule has 142 valence electrons. The Labute approximate surface area is 176 Å². The first-order chi connectivity index (χ1) is 12.5. The van der Waals surface area contributed by atoms with Gasteiger partial charge in [-0.15, -0.1) is 0 Å². The fourth-order valence-corrected chi connectivity index (χ4v) is 4.74. The number of anilines is 1. The Morgan fingerprint density at radius 2 is 2.00 bits per heavy atom. The minimum absolute atomic E-state index is 0. The Kier molecular flexibility index (Phi) is 5.81. The Hall–Kier alpha value is -1.61. The van der Waals surface area contributed by atoms with Gasteiger partial charge in [0.1, 0.15) is 5.69 Å². The second-order valence-corrected chi connectivity index (χ2v) is 7.82. The number of β-amino-alcohol motifs (C(OH)–C–C–N with tert-alkyl or cyclic N) is 1. The van der Waals surface area contributed by atoms with Gasteiger partial charge in [-0.3, -0.25) is 10.1 Å². The normalized spacial score (nSPS) is 21.6. The fraction of sp³-hybridized carbons (Fsp3) is 0.278. The van der Waals surface area contributed by atoms with Gasteiger partial charge in [0.25, 0.3) is 11.4 Å². The average Bonchev–Trinajstić information content (AvgIpc) is 2.97. The van der Waals surface area contributed by atoms with E-state index in [1.807, 2.05) is 28.8 Å². The molecule has 9 heteroatoms. The molecule has 0 saturated heterocycles. The van der Waals surface area contributed by atoms with Crippen LogP contribution in [0.1, 0.15) is 12.0 Å². The maximum Gasteiger partial charge on any atom is 0.316 e. The van der Waals surface area contributed by atoms with Crippen LogP contribution in [0.2, 0.25) is 5.02 Å². The van der Waals surface area contributed by atoms with Gasteiger partial charge in [-0.2, -0.15) is 0 Å². The number of rotatable bonds is 3. The number of amidine groups is 1. The Bertz CT molecular complexity index is 909. The van der Waals surface area contributed by atoms with E-state index in [9.17, 15) is 15.2 Å². The molecule has 0 spiro atoms. The van der Waals surface area contributed by atoms with Crippen LogP contribution in [-0.2, 0) is 5.72 Å². The maximum absolute atomic E-state index is 11.6. The van der Waals surface area contributed by atoms with Gasteiger partial charge < -0.3 is 22.1 Å². The van der Waals surface area contributed by atoms with Crippen molar-refractivity contribution in [2.24, 2.45) is 0 Å². The van der Waals surface area contributed by atoms with Crippen LogP contribution in [0.3, 0.4) is 0 Å². The Morgan fingerprint density at radius 1 is 1.26 bits per heavy atom. The van der Waals surface area contributed by atoms with Gasteiger partial charge in [0, 0.05) is 28.5 Å². The molecule has 4 rings (SSSR count). The average molecular weight is 471 g/mol. The van der Waals surface area contributed by atoms with Crippen LogP contribution in [0.4, 0.5) is 11.4 Å². The van der Waals surface area contributed by atoms with Gasteiger partial charge in [0.05, 0.1) is 11.5 Å². The highest BCUT2D eigenvalue weighted by molar-refractivity contribution is 8.13. The SMILES string of the molecule is O=[N+]([O-])c1cccc(C2(O)CN(c3ccc(Cl)cc3)C3=[N+]2CCCS3)c1.[Br-]. The van der Waals surface area contributed by atoms with Crippen LogP contribution < -0.4 is 21.9 Å². The molecule has 2 heterocycles. The summed E-state index contributed by atoms with van der Waals surface area (Å²) in [5, 5.41) is 24.3. The number of aliphatic hydroxyl groups is 1. The third-order valence-electron chi connectivity index (χ3n) is 4.70. The molecule has 0 radical (unpaired) electrons. The molecule has 1 N–H and O–H groups in total. The second-order valence-electron chi connectivity index (χ2n) is 6.32. The summed E-state index contributed by atoms with van der Waals surface area (Å²) in [6.07, 6.45) is 0.944. The molecule has 1 atom stereocenters. The van der Waals surface area contributed by atoms with Crippen molar-refractivity contribution in [3.8, 4) is 0 Å². The van der Waals surface area contributed by atoms with Crippen molar-refractivity contribution in [1.29, 1.82) is 0 Å². The standard InChI is InChI=1S/C18H17ClN3O3S.BrH/c19-14-5-7-15(8-6-14)20-12-18(23,21-9-2-10-26-17(20)21)13-3-1-4-16(11-13)22(24)25;/h1,3-8,11,23H,2,9-10,12H2;1H/q+1;/p-1. The third kappa shape index (κ3) is 3.59. The fourth-order valence-electron chi connectivity index (χ4n) is 3.44. The highest BCUT2D eigenvalue weighted by Crippen LogP contribution is 2.38. The maximum atomic E-state index is 11.6. The highest BCUT2D eigenvalue weighted by Gasteiger charge is 2.53. The van der Waals surface area contributed by atoms with Crippen molar-refractivity contribution in [1.82, 2.24) is 0 Å². The van der Waals surface area contributed by atoms with Crippen molar-refractivity contribution < 1.29 is 31.6 Å². The minimum Gasteiger partial charge on any atom is -1.00 e. The number of nitro benzene ring substituents is 1. The number of halogens is 2. The monoisotopic (exact) mass is 469 g/mol. The third-order valence-corrected chi connectivity index (χ3v) is 6.15. The number of hydrogen-bond acceptors (Lipinski definition) is 5. The van der Waals surface area contributed by atoms with Crippen molar-refractivity contribution in [2.75, 3.05) is 23.7 Å². The molecule has 0 amide bonds. The van der Waals surface area contributed by atoms with Gasteiger partial charge in [-0.1, -0.05) is 23.7 Å². The summed E-state index contributed by atoms with van der Waals surface area (Å²) < 4.78 is 1.95. The predicted molar refractivity (Wildman–Crippen MR) is 103 cm³/mol. The van der Waals surface area contributed by atoms with Crippen LogP contribution in [0.5, 0.6) is 0 Å². The zero-order chi connectivity index (χ0) is 18.3. The van der Waals surface area contributed by atoms with Gasteiger partial charge in [0.15, 0.2) is 6.54 Å². The number of non-ortho nitro benzene ring substituents is 1. The van der Waals surface area contributed by atoms with E-state index >= 15 is 0 Å². The summed E-state index contributed by atoms with van der Waals surface area (Å²) in [5.74, 6) is 0.973. The molecule has 0 aliphatic carbocycles. The largest absolute Gasteiger partial charge is 1.00 e. The van der Waals surface area contributed by atoms with Crippen LogP contribution in [0.15, 0.2) is 48.5 Å². The van der Waals surface area contributed by atoms with Crippen LogP contribution in [0, 0.1) is 10.1 Å². The number of nitrogens with zero attached hydrogens (tertiary/aromatic N) is 3. The predicted octanol–water partition coefficient (Wildman–Crippen LogP) is 0.423. The lowest BCUT2D eigenvalue weighted by atomic mass is 10.0. The molecule has 2 aliphatic rings. The van der Waals surface area contributed by atoms with E-state index < -0.39 is 10.6 Å². The smallest absolute Gasteiger partial charge is 0.316 e. The van der Waals surface area contributed by atoms with Crippen LogP contribution >= 0.6 is 23.4 Å². The summed E-state index contributed by atoms with van der Waals surface area (Å²) in [4.78, 5) is 12.8. The number of thioether (sulfide) groups is 1. The molecule has 27 heavy (non-hydrogen) atoms. The van der Waals surface area contributed by atoms with Crippen molar-refractivity contribution >= 4 is 39.9 Å². The lowest BCUT2D eigenvalue weighted by molar-refractivity contribution is -0.656. The number of nitro groups is 1. The summed E-state index contributed by atoms with van der Waals surface area (Å²) >= 11 is 7.69. The van der Waals surface area contributed by atoms with Gasteiger partial charge in [-0.25, -0.2) is 9.48 Å². The van der Waals surface area contributed by atoms with Crippen molar-refractivity contribution in [2.45, 2.75) is 12.1 Å². The molecule has 0 fully saturated rings. The highest BCUT2D eigenvalue weighted by atomic mass is 79.9. The van der Waals surface area contributed by atoms with Crippen LogP contribution in [0.25, 0.3) is 0 Å². The van der Waals surface area contributed by atoms with Gasteiger partial charge >= 0.3 is 5.17 Å². The van der Waals surface area contributed by atoms with Crippen molar-refractivity contribution in [3.63, 3.8) is 0 Å². The first kappa shape index (κ1) is 20.1. The molecular formula is C18H17BrClN3O3S. The zero-order valence-electron chi connectivity index (χ0n) is 14.2. The van der Waals surface area contributed by atoms with E-state index in [-0.39, 0.29) is 22.7 Å². The molecule has 0 aromatic heterocycles. The van der Waals surface area contributed by atoms with E-state index in [1.54, 1.807) is 23.9 Å². The lowest BCUT2D eigenvalue weighted by Gasteiger charge is -2.24. The molecule has 6 nitrogen and oxygen atoms in total. The number of hydrogen-bond donors (Lipinski definition) is 1. The molecule has 2 aromatic rings. The van der Waals surface area contributed by atoms with E-state index in [4.69, 9.17) is 11.6 Å². The molecule has 1 unspecified atom stereocenters. The van der Waals surface area contributed by atoms with E-state index in [2.05, 4.69) is 4.90 Å². The zero-order valence-corrected chi connectivity index (χ0v) is 17.4. The minimum atomic E-state index is -1.31. The van der Waals surface area contributed by atoms with Crippen LogP contribution in [-0.4, -0.2) is 38.6 Å². The first-order valence-electron chi connectivity index (χ1n) is 8.27. The summed E-state index contributed by atoms with van der Waals surface area (Å²) in [7, 11) is 0. The van der Waals surface area contributed by atoms with E-state index in [0.717, 1.165) is 23.0 Å². The Balaban J connectivity index is 0.00000210. The number of benzene rings is 2. The summed E-state index contributed by atoms with van der Waals surface area (Å²) in [6, 6.07) is 13.7. The summed E-state index contributed by atoms with van der Waals surface area (Å²) in [5.41, 5.74) is 0.134. The molecule has 0 saturated carbocycles. The van der Waals surface area contributed by atoms with Gasteiger partial charge in [0.2, 0.25) is 0 Å².